The zero-order valence-electron chi connectivity index (χ0n) is 12.7. The van der Waals surface area contributed by atoms with E-state index >= 15 is 0 Å². The monoisotopic (exact) mass is 302 g/mol. The molecule has 1 saturated carbocycles. The van der Waals surface area contributed by atoms with Crippen LogP contribution in [0.1, 0.15) is 39.5 Å². The normalized spacial score (nSPS) is 25.3. The molecule has 1 heterocycles. The summed E-state index contributed by atoms with van der Waals surface area (Å²) in [4.78, 5) is 11.8. The number of alkyl halides is 2. The van der Waals surface area contributed by atoms with Crippen LogP contribution in [0.25, 0.3) is 0 Å². The van der Waals surface area contributed by atoms with Gasteiger partial charge < -0.3 is 15.4 Å². The average molecular weight is 302 g/mol. The van der Waals surface area contributed by atoms with Gasteiger partial charge in [0.25, 0.3) is 0 Å². The molecule has 0 radical (unpaired) electrons. The molecule has 0 aromatic rings. The highest BCUT2D eigenvalue weighted by atomic mass is 19.3. The smallest absolute Gasteiger partial charge is 0.315 e. The molecule has 120 valence electrons. The molecular weight excluding hydrogens is 278 g/mol. The van der Waals surface area contributed by atoms with E-state index in [2.05, 4.69) is 30.6 Å². The largest absolute Gasteiger partial charge is 0.377 e. The number of carbonyl (C=O) groups is 1. The minimum Gasteiger partial charge on any atom is -0.377 e. The topological polar surface area (TPSA) is 50.4 Å². The van der Waals surface area contributed by atoms with Gasteiger partial charge >= 0.3 is 6.03 Å². The lowest BCUT2D eigenvalue weighted by Crippen LogP contribution is -2.45. The summed E-state index contributed by atoms with van der Waals surface area (Å²) in [7, 11) is 0. The molecule has 1 unspecified atom stereocenters. The molecule has 2 amide bonds. The van der Waals surface area contributed by atoms with E-state index in [0.717, 1.165) is 6.42 Å². The molecule has 2 rings (SSSR count). The molecule has 2 N–H and O–H groups in total. The number of halogens is 2. The van der Waals surface area contributed by atoms with Gasteiger partial charge in [-0.05, 0) is 12.8 Å². The average Bonchev–Trinajstić information content (AvgIpc) is 2.77. The summed E-state index contributed by atoms with van der Waals surface area (Å²) in [6.07, 6.45) is 2.86. The van der Waals surface area contributed by atoms with Crippen LogP contribution in [0, 0.1) is 5.41 Å². The molecule has 0 saturated heterocycles. The molecule has 0 aromatic carbocycles. The summed E-state index contributed by atoms with van der Waals surface area (Å²) in [5, 5.41) is 5.43. The molecule has 0 aromatic heterocycles. The fourth-order valence-electron chi connectivity index (χ4n) is 2.87. The van der Waals surface area contributed by atoms with Crippen LogP contribution in [0.3, 0.4) is 0 Å². The first kappa shape index (κ1) is 16.2. The quantitative estimate of drug-likeness (QED) is 0.785. The van der Waals surface area contributed by atoms with Gasteiger partial charge in [-0.3, -0.25) is 0 Å². The van der Waals surface area contributed by atoms with Crippen LogP contribution in [0.2, 0.25) is 0 Å². The fraction of sp³-hybridized carbons (Fsp3) is 0.800. The molecule has 1 atom stereocenters. The van der Waals surface area contributed by atoms with Gasteiger partial charge in [-0.15, -0.1) is 0 Å². The van der Waals surface area contributed by atoms with E-state index in [0.29, 0.717) is 26.2 Å². The summed E-state index contributed by atoms with van der Waals surface area (Å²) < 4.78 is 31.4. The van der Waals surface area contributed by atoms with Crippen LogP contribution in [0.15, 0.2) is 11.6 Å². The van der Waals surface area contributed by atoms with Crippen LogP contribution >= 0.6 is 0 Å². The van der Waals surface area contributed by atoms with Crippen LogP contribution in [0.4, 0.5) is 13.6 Å². The molecule has 0 bridgehead atoms. The predicted molar refractivity (Wildman–Crippen MR) is 76.4 cm³/mol. The standard InChI is InChI=1S/C15H24F2N2O2/c1-14(2,11-4-7-21-8-5-11)10-18-13(20)19-12-3-6-15(16,17)9-12/h4,12H,3,5-10H2,1-2H3,(H2,18,19,20). The van der Waals surface area contributed by atoms with Crippen molar-refractivity contribution in [3.63, 3.8) is 0 Å². The lowest BCUT2D eigenvalue weighted by molar-refractivity contribution is 0.00731. The minimum absolute atomic E-state index is 0.143. The van der Waals surface area contributed by atoms with Gasteiger partial charge in [-0.2, -0.15) is 0 Å². The zero-order chi connectivity index (χ0) is 15.5. The Morgan fingerprint density at radius 1 is 1.52 bits per heavy atom. The highest BCUT2D eigenvalue weighted by molar-refractivity contribution is 5.74. The van der Waals surface area contributed by atoms with Gasteiger partial charge in [-0.25, -0.2) is 13.6 Å². The maximum absolute atomic E-state index is 13.1. The number of carbonyl (C=O) groups excluding carboxylic acids is 1. The van der Waals surface area contributed by atoms with E-state index < -0.39 is 12.0 Å². The van der Waals surface area contributed by atoms with E-state index in [9.17, 15) is 13.6 Å². The van der Waals surface area contributed by atoms with Gasteiger partial charge in [0.15, 0.2) is 0 Å². The third kappa shape index (κ3) is 4.66. The molecule has 6 heteroatoms. The van der Waals surface area contributed by atoms with Crippen molar-refractivity contribution in [3.8, 4) is 0 Å². The Morgan fingerprint density at radius 3 is 2.86 bits per heavy atom. The van der Waals surface area contributed by atoms with Crippen LogP contribution in [0.5, 0.6) is 0 Å². The maximum Gasteiger partial charge on any atom is 0.315 e. The van der Waals surface area contributed by atoms with Crippen LogP contribution in [-0.4, -0.2) is 37.8 Å². The first-order chi connectivity index (χ1) is 9.78. The molecular formula is C15H24F2N2O2. The Hall–Kier alpha value is -1.17. The fourth-order valence-corrected chi connectivity index (χ4v) is 2.87. The van der Waals surface area contributed by atoms with Crippen molar-refractivity contribution in [2.75, 3.05) is 19.8 Å². The molecule has 1 aliphatic heterocycles. The summed E-state index contributed by atoms with van der Waals surface area (Å²) >= 11 is 0. The van der Waals surface area contributed by atoms with E-state index in [-0.39, 0.29) is 24.3 Å². The number of rotatable bonds is 4. The molecule has 4 nitrogen and oxygen atoms in total. The molecule has 1 aliphatic carbocycles. The van der Waals surface area contributed by atoms with Crippen LogP contribution < -0.4 is 10.6 Å². The van der Waals surface area contributed by atoms with Crippen molar-refractivity contribution in [2.24, 2.45) is 5.41 Å². The highest BCUT2D eigenvalue weighted by Gasteiger charge is 2.40. The van der Waals surface area contributed by atoms with Crippen molar-refractivity contribution in [1.29, 1.82) is 0 Å². The number of urea groups is 1. The lowest BCUT2D eigenvalue weighted by Gasteiger charge is -2.31. The maximum atomic E-state index is 13.1. The predicted octanol–water partition coefficient (Wildman–Crippen LogP) is 2.85. The molecule has 21 heavy (non-hydrogen) atoms. The minimum atomic E-state index is -2.63. The second-order valence-corrected chi connectivity index (χ2v) is 6.56. The summed E-state index contributed by atoms with van der Waals surface area (Å²) in [6, 6.07) is -0.788. The number of amides is 2. The first-order valence-corrected chi connectivity index (χ1v) is 7.48. The lowest BCUT2D eigenvalue weighted by atomic mass is 9.81. The van der Waals surface area contributed by atoms with E-state index in [4.69, 9.17) is 4.74 Å². The number of nitrogens with one attached hydrogen (secondary N) is 2. The molecule has 1 fully saturated rings. The number of hydrogen-bond acceptors (Lipinski definition) is 2. The van der Waals surface area contributed by atoms with Crippen molar-refractivity contribution in [2.45, 2.75) is 51.5 Å². The summed E-state index contributed by atoms with van der Waals surface area (Å²) in [5.74, 6) is -2.63. The van der Waals surface area contributed by atoms with Crippen molar-refractivity contribution < 1.29 is 18.3 Å². The Bertz CT molecular complexity index is 422. The van der Waals surface area contributed by atoms with Gasteiger partial charge in [0.1, 0.15) is 0 Å². The second-order valence-electron chi connectivity index (χ2n) is 6.56. The van der Waals surface area contributed by atoms with Crippen LogP contribution in [-0.2, 0) is 4.74 Å². The molecule has 2 aliphatic rings. The third-order valence-corrected chi connectivity index (χ3v) is 4.26. The zero-order valence-corrected chi connectivity index (χ0v) is 12.7. The van der Waals surface area contributed by atoms with Gasteiger partial charge in [-0.1, -0.05) is 25.5 Å². The Labute approximate surface area is 124 Å². The van der Waals surface area contributed by atoms with Gasteiger partial charge in [0.05, 0.1) is 13.2 Å². The molecule has 0 spiro atoms. The highest BCUT2D eigenvalue weighted by Crippen LogP contribution is 2.34. The van der Waals surface area contributed by atoms with E-state index in [1.54, 1.807) is 0 Å². The van der Waals surface area contributed by atoms with Gasteiger partial charge in [0.2, 0.25) is 5.92 Å². The number of ether oxygens (including phenoxy) is 1. The second kappa shape index (κ2) is 6.30. The summed E-state index contributed by atoms with van der Waals surface area (Å²) in [5.41, 5.74) is 1.11. The Morgan fingerprint density at radius 2 is 2.29 bits per heavy atom. The first-order valence-electron chi connectivity index (χ1n) is 7.48. The SMILES string of the molecule is CC(C)(CNC(=O)NC1CCC(F)(F)C1)C1=CCOCC1. The number of hydrogen-bond donors (Lipinski definition) is 2. The van der Waals surface area contributed by atoms with Gasteiger partial charge in [0, 0.05) is 30.8 Å². The third-order valence-electron chi connectivity index (χ3n) is 4.26. The van der Waals surface area contributed by atoms with Crippen molar-refractivity contribution in [1.82, 2.24) is 10.6 Å². The van der Waals surface area contributed by atoms with Crippen molar-refractivity contribution >= 4 is 6.03 Å². The van der Waals surface area contributed by atoms with E-state index in [1.165, 1.54) is 5.57 Å². The van der Waals surface area contributed by atoms with E-state index in [1.807, 2.05) is 0 Å². The Balaban J connectivity index is 1.77. The van der Waals surface area contributed by atoms with Crippen molar-refractivity contribution in [3.05, 3.63) is 11.6 Å². The summed E-state index contributed by atoms with van der Waals surface area (Å²) in [6.45, 7) is 5.93. The Kier molecular flexibility index (Phi) is 4.86.